The van der Waals surface area contributed by atoms with Crippen molar-refractivity contribution in [3.63, 3.8) is 0 Å². The lowest BCUT2D eigenvalue weighted by Crippen LogP contribution is -2.08. The van der Waals surface area contributed by atoms with Crippen LogP contribution >= 0.6 is 11.6 Å². The molecule has 0 atom stereocenters. The van der Waals surface area contributed by atoms with Gasteiger partial charge in [0.1, 0.15) is 12.4 Å². The Bertz CT molecular complexity index is 671. The van der Waals surface area contributed by atoms with Gasteiger partial charge >= 0.3 is 5.97 Å². The lowest BCUT2D eigenvalue weighted by atomic mass is 10.1. The lowest BCUT2D eigenvalue weighted by molar-refractivity contribution is 0.0601. The molecule has 2 aromatic carbocycles. The maximum atomic E-state index is 11.7. The van der Waals surface area contributed by atoms with Gasteiger partial charge in [-0.2, -0.15) is 0 Å². The smallest absolute Gasteiger partial charge is 0.340 e. The number of benzene rings is 2. The number of methoxy groups -OCH3 is 1. The van der Waals surface area contributed by atoms with E-state index in [0.29, 0.717) is 28.6 Å². The zero-order chi connectivity index (χ0) is 15.4. The van der Waals surface area contributed by atoms with E-state index in [1.165, 1.54) is 7.11 Å². The monoisotopic (exact) mass is 305 g/mol. The molecule has 0 heterocycles. The summed E-state index contributed by atoms with van der Waals surface area (Å²) < 4.78 is 10.4. The molecule has 0 saturated carbocycles. The highest BCUT2D eigenvalue weighted by molar-refractivity contribution is 6.31. The van der Waals surface area contributed by atoms with Crippen LogP contribution < -0.4 is 10.5 Å². The van der Waals surface area contributed by atoms with Gasteiger partial charge in [0.2, 0.25) is 0 Å². The van der Waals surface area contributed by atoms with Crippen molar-refractivity contribution in [2.75, 3.05) is 12.8 Å². The fourth-order valence-corrected chi connectivity index (χ4v) is 2.09. The van der Waals surface area contributed by atoms with Crippen LogP contribution in [0.1, 0.15) is 21.5 Å². The van der Waals surface area contributed by atoms with Gasteiger partial charge in [-0.3, -0.25) is 0 Å². The van der Waals surface area contributed by atoms with Crippen LogP contribution in [0, 0.1) is 6.92 Å². The van der Waals surface area contributed by atoms with E-state index in [1.54, 1.807) is 18.2 Å². The maximum absolute atomic E-state index is 11.7. The van der Waals surface area contributed by atoms with Crippen LogP contribution in [-0.2, 0) is 11.3 Å². The van der Waals surface area contributed by atoms with Crippen LogP contribution in [0.5, 0.6) is 5.75 Å². The lowest BCUT2D eigenvalue weighted by Gasteiger charge is -2.12. The Morgan fingerprint density at radius 2 is 2.00 bits per heavy atom. The molecule has 4 nitrogen and oxygen atoms in total. The number of esters is 1. The van der Waals surface area contributed by atoms with Crippen molar-refractivity contribution in [3.8, 4) is 5.75 Å². The summed E-state index contributed by atoms with van der Waals surface area (Å²) in [6.07, 6.45) is 0. The molecular weight excluding hydrogens is 290 g/mol. The minimum atomic E-state index is -0.487. The Hall–Kier alpha value is -2.20. The van der Waals surface area contributed by atoms with Gasteiger partial charge in [-0.05, 0) is 30.7 Å². The molecule has 0 amide bonds. The van der Waals surface area contributed by atoms with E-state index >= 15 is 0 Å². The van der Waals surface area contributed by atoms with Crippen LogP contribution in [0.2, 0.25) is 5.02 Å². The Kier molecular flexibility index (Phi) is 4.70. The van der Waals surface area contributed by atoms with Crippen LogP contribution in [0.25, 0.3) is 0 Å². The standard InChI is InChI=1S/C16H16ClNO3/c1-10-7-12(8-13(15(10)18)16(19)20-2)21-9-11-5-3-4-6-14(11)17/h3-8H,9,18H2,1-2H3. The number of nitrogen functional groups attached to an aromatic ring is 1. The highest BCUT2D eigenvalue weighted by Gasteiger charge is 2.14. The van der Waals surface area contributed by atoms with Gasteiger partial charge < -0.3 is 15.2 Å². The van der Waals surface area contributed by atoms with Crippen molar-refractivity contribution in [1.82, 2.24) is 0 Å². The van der Waals surface area contributed by atoms with E-state index in [2.05, 4.69) is 0 Å². The van der Waals surface area contributed by atoms with Crippen molar-refractivity contribution in [3.05, 3.63) is 58.1 Å². The average molecular weight is 306 g/mol. The van der Waals surface area contributed by atoms with E-state index < -0.39 is 5.97 Å². The Morgan fingerprint density at radius 1 is 1.29 bits per heavy atom. The van der Waals surface area contributed by atoms with E-state index in [0.717, 1.165) is 11.1 Å². The normalized spacial score (nSPS) is 10.2. The second-order valence-electron chi connectivity index (χ2n) is 4.57. The third kappa shape index (κ3) is 3.47. The number of carbonyl (C=O) groups excluding carboxylic acids is 1. The Labute approximate surface area is 128 Å². The first-order chi connectivity index (χ1) is 10.0. The molecule has 0 unspecified atom stereocenters. The molecule has 2 rings (SSSR count). The molecule has 0 spiro atoms. The molecule has 0 aliphatic heterocycles. The van der Waals surface area contributed by atoms with Gasteiger partial charge in [-0.1, -0.05) is 29.8 Å². The Balaban J connectivity index is 2.23. The third-order valence-electron chi connectivity index (χ3n) is 3.12. The van der Waals surface area contributed by atoms with Gasteiger partial charge in [0.05, 0.1) is 12.7 Å². The number of hydrogen-bond donors (Lipinski definition) is 1. The summed E-state index contributed by atoms with van der Waals surface area (Å²) in [4.78, 5) is 11.7. The highest BCUT2D eigenvalue weighted by Crippen LogP contribution is 2.26. The van der Waals surface area contributed by atoms with Crippen LogP contribution in [0.3, 0.4) is 0 Å². The zero-order valence-corrected chi connectivity index (χ0v) is 12.6. The number of hydrogen-bond acceptors (Lipinski definition) is 4. The number of rotatable bonds is 4. The molecule has 2 N–H and O–H groups in total. The molecule has 5 heteroatoms. The van der Waals surface area contributed by atoms with Crippen molar-refractivity contribution in [1.29, 1.82) is 0 Å². The summed E-state index contributed by atoms with van der Waals surface area (Å²) in [7, 11) is 1.31. The molecule has 0 bridgehead atoms. The van der Waals surface area contributed by atoms with Gasteiger partial charge in [-0.25, -0.2) is 4.79 Å². The SMILES string of the molecule is COC(=O)c1cc(OCc2ccccc2Cl)cc(C)c1N. The highest BCUT2D eigenvalue weighted by atomic mass is 35.5. The van der Waals surface area contributed by atoms with E-state index in [1.807, 2.05) is 25.1 Å². The van der Waals surface area contributed by atoms with Crippen LogP contribution in [-0.4, -0.2) is 13.1 Å². The second kappa shape index (κ2) is 6.50. The van der Waals surface area contributed by atoms with Crippen molar-refractivity contribution in [2.24, 2.45) is 0 Å². The fourth-order valence-electron chi connectivity index (χ4n) is 1.90. The predicted octanol–water partition coefficient (Wildman–Crippen LogP) is 3.60. The molecule has 2 aromatic rings. The van der Waals surface area contributed by atoms with Crippen molar-refractivity contribution >= 4 is 23.3 Å². The summed E-state index contributed by atoms with van der Waals surface area (Å²) in [5.41, 5.74) is 8.20. The first-order valence-corrected chi connectivity index (χ1v) is 6.75. The summed E-state index contributed by atoms with van der Waals surface area (Å²) in [5, 5.41) is 0.637. The van der Waals surface area contributed by atoms with Crippen LogP contribution in [0.4, 0.5) is 5.69 Å². The zero-order valence-electron chi connectivity index (χ0n) is 11.9. The van der Waals surface area contributed by atoms with Gasteiger partial charge in [0.25, 0.3) is 0 Å². The Morgan fingerprint density at radius 3 is 2.67 bits per heavy atom. The molecule has 0 saturated heterocycles. The second-order valence-corrected chi connectivity index (χ2v) is 4.98. The van der Waals surface area contributed by atoms with Gasteiger partial charge in [0, 0.05) is 16.3 Å². The molecule has 0 aromatic heterocycles. The minimum Gasteiger partial charge on any atom is -0.489 e. The van der Waals surface area contributed by atoms with E-state index in [4.69, 9.17) is 26.8 Å². The van der Waals surface area contributed by atoms with Crippen molar-refractivity contribution < 1.29 is 14.3 Å². The average Bonchev–Trinajstić information content (AvgIpc) is 2.48. The van der Waals surface area contributed by atoms with Gasteiger partial charge in [0.15, 0.2) is 0 Å². The van der Waals surface area contributed by atoms with Gasteiger partial charge in [-0.15, -0.1) is 0 Å². The fraction of sp³-hybridized carbons (Fsp3) is 0.188. The summed E-state index contributed by atoms with van der Waals surface area (Å²) in [6.45, 7) is 2.12. The number of carbonyl (C=O) groups is 1. The van der Waals surface area contributed by atoms with E-state index in [9.17, 15) is 4.79 Å². The number of ether oxygens (including phenoxy) is 2. The molecule has 21 heavy (non-hydrogen) atoms. The summed E-state index contributed by atoms with van der Waals surface area (Å²) >= 11 is 6.08. The predicted molar refractivity (Wildman–Crippen MR) is 82.7 cm³/mol. The number of halogens is 1. The summed E-state index contributed by atoms with van der Waals surface area (Å²) in [5.74, 6) is 0.0563. The molecular formula is C16H16ClNO3. The topological polar surface area (TPSA) is 61.5 Å². The first kappa shape index (κ1) is 15.2. The maximum Gasteiger partial charge on any atom is 0.340 e. The van der Waals surface area contributed by atoms with Crippen molar-refractivity contribution in [2.45, 2.75) is 13.5 Å². The molecule has 110 valence electrons. The molecule has 0 fully saturated rings. The summed E-state index contributed by atoms with van der Waals surface area (Å²) in [6, 6.07) is 10.8. The van der Waals surface area contributed by atoms with Crippen LogP contribution in [0.15, 0.2) is 36.4 Å². The molecule has 0 radical (unpaired) electrons. The molecule has 0 aliphatic rings. The number of aryl methyl sites for hydroxylation is 1. The number of anilines is 1. The number of nitrogens with two attached hydrogens (primary N) is 1. The quantitative estimate of drug-likeness (QED) is 0.692. The third-order valence-corrected chi connectivity index (χ3v) is 3.49. The first-order valence-electron chi connectivity index (χ1n) is 6.37. The largest absolute Gasteiger partial charge is 0.489 e. The van der Waals surface area contributed by atoms with E-state index in [-0.39, 0.29) is 0 Å². The molecule has 0 aliphatic carbocycles. The minimum absolute atomic E-state index is 0.298.